The van der Waals surface area contributed by atoms with E-state index >= 15 is 0 Å². The molecule has 0 aliphatic rings. The summed E-state index contributed by atoms with van der Waals surface area (Å²) < 4.78 is 0. The average Bonchev–Trinajstić information content (AvgIpc) is 2.05. The van der Waals surface area contributed by atoms with Crippen molar-refractivity contribution in [1.29, 1.82) is 0 Å². The number of para-hydroxylation sites is 1. The summed E-state index contributed by atoms with van der Waals surface area (Å²) in [5.74, 6) is 0. The third-order valence-electron chi connectivity index (χ3n) is 1.32. The van der Waals surface area contributed by atoms with Crippen LogP contribution in [0, 0.1) is 0 Å². The first-order valence-electron chi connectivity index (χ1n) is 3.08. The van der Waals surface area contributed by atoms with Gasteiger partial charge in [-0.2, -0.15) is 0 Å². The van der Waals surface area contributed by atoms with E-state index in [0.29, 0.717) is 0 Å². The van der Waals surface area contributed by atoms with Crippen molar-refractivity contribution in [3.8, 4) is 0 Å². The number of anilines is 1. The fourth-order valence-corrected chi connectivity index (χ4v) is 0.724. The molecule has 0 N–H and O–H groups in total. The summed E-state index contributed by atoms with van der Waals surface area (Å²) in [4.78, 5) is 11.8. The van der Waals surface area contributed by atoms with Crippen LogP contribution < -0.4 is 4.90 Å². The molecule has 1 rings (SSSR count). The van der Waals surface area contributed by atoms with Gasteiger partial charge in [-0.15, -0.1) is 0 Å². The highest BCUT2D eigenvalue weighted by Crippen LogP contribution is 2.07. The zero-order valence-electron chi connectivity index (χ0n) is 5.82. The third kappa shape index (κ3) is 1.35. The zero-order chi connectivity index (χ0) is 7.40. The largest absolute Gasteiger partial charge is 0.318 e. The molecule has 0 aromatic heterocycles. The van der Waals surface area contributed by atoms with Crippen LogP contribution in [0.5, 0.6) is 0 Å². The van der Waals surface area contributed by atoms with Gasteiger partial charge in [0.25, 0.3) is 0 Å². The van der Waals surface area contributed by atoms with Gasteiger partial charge in [-0.3, -0.25) is 4.79 Å². The van der Waals surface area contributed by atoms with Gasteiger partial charge in [-0.25, -0.2) is 0 Å². The van der Waals surface area contributed by atoms with E-state index in [4.69, 9.17) is 0 Å². The van der Waals surface area contributed by atoms with Crippen molar-refractivity contribution in [1.82, 2.24) is 0 Å². The highest BCUT2D eigenvalue weighted by Gasteiger charge is 1.93. The molecule has 52 valence electrons. The lowest BCUT2D eigenvalue weighted by atomic mass is 10.3. The number of benzene rings is 1. The van der Waals surface area contributed by atoms with Crippen LogP contribution in [-0.2, 0) is 4.79 Å². The Morgan fingerprint density at radius 3 is 2.40 bits per heavy atom. The zero-order valence-corrected chi connectivity index (χ0v) is 5.82. The van der Waals surface area contributed by atoms with E-state index in [1.54, 1.807) is 7.05 Å². The molecule has 0 heterocycles. The number of rotatable bonds is 2. The Labute approximate surface area is 60.1 Å². The molecule has 0 saturated heterocycles. The van der Waals surface area contributed by atoms with Crippen LogP contribution in [0.15, 0.2) is 30.3 Å². The lowest BCUT2D eigenvalue weighted by Gasteiger charge is -2.08. The van der Waals surface area contributed by atoms with Crippen molar-refractivity contribution in [3.05, 3.63) is 30.3 Å². The fraction of sp³-hybridized carbons (Fsp3) is 0.125. The van der Waals surface area contributed by atoms with Crippen LogP contribution >= 0.6 is 0 Å². The molecule has 2 heteroatoms. The third-order valence-corrected chi connectivity index (χ3v) is 1.32. The predicted molar refractivity (Wildman–Crippen MR) is 40.9 cm³/mol. The highest BCUT2D eigenvalue weighted by molar-refractivity contribution is 5.73. The molecule has 0 saturated carbocycles. The molecular weight excluding hydrogens is 128 g/mol. The summed E-state index contributed by atoms with van der Waals surface area (Å²) in [5, 5.41) is 0. The molecule has 0 atom stereocenters. The summed E-state index contributed by atoms with van der Waals surface area (Å²) in [5.41, 5.74) is 0.914. The highest BCUT2D eigenvalue weighted by atomic mass is 16.3. The Balaban J connectivity index is 2.84. The quantitative estimate of drug-likeness (QED) is 0.562. The second-order valence-electron chi connectivity index (χ2n) is 2.05. The van der Waals surface area contributed by atoms with Crippen molar-refractivity contribution in [2.24, 2.45) is 0 Å². The maximum absolute atomic E-state index is 10.2. The Hall–Kier alpha value is -1.31. The van der Waals surface area contributed by atoms with Crippen molar-refractivity contribution in [3.63, 3.8) is 0 Å². The van der Waals surface area contributed by atoms with Gasteiger partial charge in [-0.1, -0.05) is 18.2 Å². The summed E-state index contributed by atoms with van der Waals surface area (Å²) >= 11 is 0. The molecule has 0 aliphatic carbocycles. The molecular formula is C8H9NO. The van der Waals surface area contributed by atoms with Gasteiger partial charge in [0.2, 0.25) is 6.41 Å². The van der Waals surface area contributed by atoms with Gasteiger partial charge in [-0.05, 0) is 12.1 Å². The van der Waals surface area contributed by atoms with Crippen LogP contribution in [0.1, 0.15) is 0 Å². The summed E-state index contributed by atoms with van der Waals surface area (Å²) in [6.07, 6.45) is 0.787. The minimum absolute atomic E-state index is 0.787. The maximum atomic E-state index is 10.2. The smallest absolute Gasteiger partial charge is 0.213 e. The first-order chi connectivity index (χ1) is 4.84. The second-order valence-corrected chi connectivity index (χ2v) is 2.05. The van der Waals surface area contributed by atoms with E-state index in [9.17, 15) is 4.79 Å². The van der Waals surface area contributed by atoms with Crippen molar-refractivity contribution < 1.29 is 4.79 Å². The predicted octanol–water partition coefficient (Wildman–Crippen LogP) is 1.28. The standard InChI is InChI=1S/C8H9NO/c1-9(7-10)8-5-3-2-4-6-8/h2-7H,1H3/i7+2. The molecule has 0 radical (unpaired) electrons. The van der Waals surface area contributed by atoms with Crippen LogP contribution in [0.4, 0.5) is 5.69 Å². The molecule has 0 fully saturated rings. The van der Waals surface area contributed by atoms with E-state index in [0.717, 1.165) is 12.1 Å². The van der Waals surface area contributed by atoms with Crippen LogP contribution in [0.25, 0.3) is 0 Å². The minimum atomic E-state index is 0.787. The van der Waals surface area contributed by atoms with Crippen LogP contribution in [0.2, 0.25) is 0 Å². The Morgan fingerprint density at radius 2 is 1.90 bits per heavy atom. The molecule has 10 heavy (non-hydrogen) atoms. The summed E-state index contributed by atoms with van der Waals surface area (Å²) in [7, 11) is 1.72. The first-order valence-corrected chi connectivity index (χ1v) is 3.08. The number of carbonyl (C=O) groups excluding carboxylic acids is 1. The lowest BCUT2D eigenvalue weighted by molar-refractivity contribution is -0.107. The van der Waals surface area contributed by atoms with Gasteiger partial charge < -0.3 is 4.90 Å². The summed E-state index contributed by atoms with van der Waals surface area (Å²) in [6, 6.07) is 9.48. The first kappa shape index (κ1) is 6.81. The second kappa shape index (κ2) is 3.01. The van der Waals surface area contributed by atoms with Gasteiger partial charge in [0, 0.05) is 12.7 Å². The van der Waals surface area contributed by atoms with Gasteiger partial charge in [0.05, 0.1) is 0 Å². The Bertz CT molecular complexity index is 208. The number of hydrogen-bond acceptors (Lipinski definition) is 1. The van der Waals surface area contributed by atoms with E-state index in [1.165, 1.54) is 4.90 Å². The van der Waals surface area contributed by atoms with Crippen molar-refractivity contribution in [2.75, 3.05) is 11.9 Å². The van der Waals surface area contributed by atoms with Gasteiger partial charge >= 0.3 is 0 Å². The minimum Gasteiger partial charge on any atom is -0.318 e. The number of carbonyl (C=O) groups is 1. The monoisotopic (exact) mass is 137 g/mol. The van der Waals surface area contributed by atoms with E-state index in [1.807, 2.05) is 30.3 Å². The average molecular weight is 137 g/mol. The topological polar surface area (TPSA) is 20.3 Å². The Morgan fingerprint density at radius 1 is 1.30 bits per heavy atom. The van der Waals surface area contributed by atoms with E-state index < -0.39 is 0 Å². The molecule has 0 aliphatic heterocycles. The van der Waals surface area contributed by atoms with Crippen molar-refractivity contribution >= 4 is 12.1 Å². The molecule has 1 amide bonds. The molecule has 0 unspecified atom stereocenters. The number of nitrogens with zero attached hydrogens (tertiary/aromatic N) is 1. The normalized spacial score (nSPS) is 8.90. The SMILES string of the molecule is CN([14CH]=O)c1ccccc1. The molecule has 0 spiro atoms. The lowest BCUT2D eigenvalue weighted by Crippen LogP contribution is -2.12. The van der Waals surface area contributed by atoms with Crippen LogP contribution in [-0.4, -0.2) is 13.5 Å². The molecule has 1 aromatic carbocycles. The van der Waals surface area contributed by atoms with E-state index in [-0.39, 0.29) is 0 Å². The van der Waals surface area contributed by atoms with Crippen LogP contribution in [0.3, 0.4) is 0 Å². The molecule has 2 nitrogen and oxygen atoms in total. The Kier molecular flexibility index (Phi) is 2.05. The van der Waals surface area contributed by atoms with Crippen molar-refractivity contribution in [2.45, 2.75) is 0 Å². The molecule has 1 aromatic rings. The summed E-state index contributed by atoms with van der Waals surface area (Å²) in [6.45, 7) is 0. The number of hydrogen-bond donors (Lipinski definition) is 0. The fourth-order valence-electron chi connectivity index (χ4n) is 0.724. The number of amides is 1. The maximum Gasteiger partial charge on any atom is 0.213 e. The van der Waals surface area contributed by atoms with Gasteiger partial charge in [0.1, 0.15) is 0 Å². The van der Waals surface area contributed by atoms with Gasteiger partial charge in [0.15, 0.2) is 0 Å². The molecule has 0 bridgehead atoms. The van der Waals surface area contributed by atoms with E-state index in [2.05, 4.69) is 0 Å².